The van der Waals surface area contributed by atoms with Crippen molar-refractivity contribution < 1.29 is 17.9 Å². The zero-order valence-corrected chi connectivity index (χ0v) is 20.6. The van der Waals surface area contributed by atoms with Crippen molar-refractivity contribution in [3.05, 3.63) is 52.0 Å². The molecular formula is C23H28Cl2N2O4S. The first kappa shape index (κ1) is 24.7. The molecule has 9 heteroatoms. The van der Waals surface area contributed by atoms with Crippen LogP contribution in [-0.4, -0.2) is 34.0 Å². The Hall–Kier alpha value is -1.96. The molecule has 0 atom stereocenters. The number of hydrogen-bond donors (Lipinski definition) is 1. The average molecular weight is 499 g/mol. The van der Waals surface area contributed by atoms with Crippen LogP contribution in [0.2, 0.25) is 10.0 Å². The van der Waals surface area contributed by atoms with Crippen LogP contribution in [-0.2, 0) is 14.8 Å². The van der Waals surface area contributed by atoms with E-state index in [-0.39, 0.29) is 39.8 Å². The van der Waals surface area contributed by atoms with Gasteiger partial charge in [0.25, 0.3) is 10.0 Å². The lowest BCUT2D eigenvalue weighted by Crippen LogP contribution is -2.44. The fourth-order valence-corrected chi connectivity index (χ4v) is 5.84. The highest BCUT2D eigenvalue weighted by Gasteiger charge is 2.31. The van der Waals surface area contributed by atoms with E-state index in [4.69, 9.17) is 27.9 Å². The van der Waals surface area contributed by atoms with Gasteiger partial charge in [0.15, 0.2) is 0 Å². The van der Waals surface area contributed by atoms with E-state index in [2.05, 4.69) is 5.32 Å². The number of methoxy groups -OCH3 is 1. The fourth-order valence-electron chi connectivity index (χ4n) is 3.89. The zero-order valence-electron chi connectivity index (χ0n) is 18.2. The van der Waals surface area contributed by atoms with Gasteiger partial charge in [0, 0.05) is 6.04 Å². The van der Waals surface area contributed by atoms with Gasteiger partial charge in [-0.25, -0.2) is 8.42 Å². The Balaban J connectivity index is 1.98. The third kappa shape index (κ3) is 5.88. The summed E-state index contributed by atoms with van der Waals surface area (Å²) in [6.45, 7) is 1.41. The second kappa shape index (κ2) is 10.8. The molecule has 1 fully saturated rings. The van der Waals surface area contributed by atoms with Gasteiger partial charge in [-0.1, -0.05) is 55.0 Å². The van der Waals surface area contributed by atoms with Crippen LogP contribution in [0.25, 0.3) is 0 Å². The highest BCUT2D eigenvalue weighted by molar-refractivity contribution is 7.93. The van der Waals surface area contributed by atoms with Crippen LogP contribution >= 0.6 is 23.2 Å². The van der Waals surface area contributed by atoms with Gasteiger partial charge in [-0.15, -0.1) is 0 Å². The van der Waals surface area contributed by atoms with Crippen molar-refractivity contribution in [3.8, 4) is 5.75 Å². The third-order valence-electron chi connectivity index (χ3n) is 5.59. The van der Waals surface area contributed by atoms with Crippen LogP contribution in [0.15, 0.2) is 41.3 Å². The Morgan fingerprint density at radius 1 is 1.06 bits per heavy atom. The number of benzene rings is 2. The molecule has 6 nitrogen and oxygen atoms in total. The number of ether oxygens (including phenoxy) is 1. The first-order valence-corrected chi connectivity index (χ1v) is 12.8. The standard InChI is InChI=1S/C23H28Cl2N2O4S/c1-16-9-12-21(31-2)22(13-16)32(29,30)27(18-10-11-19(24)20(25)14-18)15-23(28)26-17-7-5-3-4-6-8-17/h9-14,17H,3-8,15H2,1-2H3,(H,26,28). The molecule has 2 aromatic carbocycles. The van der Waals surface area contributed by atoms with Gasteiger partial charge < -0.3 is 10.1 Å². The number of carbonyl (C=O) groups is 1. The largest absolute Gasteiger partial charge is 0.495 e. The lowest BCUT2D eigenvalue weighted by atomic mass is 10.1. The molecule has 32 heavy (non-hydrogen) atoms. The molecule has 0 unspecified atom stereocenters. The molecule has 0 aliphatic heterocycles. The zero-order chi connectivity index (χ0) is 23.3. The number of hydrogen-bond acceptors (Lipinski definition) is 4. The summed E-state index contributed by atoms with van der Waals surface area (Å²) in [5.41, 5.74) is 1.00. The van der Waals surface area contributed by atoms with E-state index in [1.807, 2.05) is 0 Å². The van der Waals surface area contributed by atoms with Crippen molar-refractivity contribution in [1.29, 1.82) is 0 Å². The van der Waals surface area contributed by atoms with Crippen LogP contribution in [0.3, 0.4) is 0 Å². The number of carbonyl (C=O) groups excluding carboxylic acids is 1. The van der Waals surface area contributed by atoms with Crippen LogP contribution in [0.4, 0.5) is 5.69 Å². The molecule has 0 heterocycles. The summed E-state index contributed by atoms with van der Waals surface area (Å²) in [5.74, 6) is -0.164. The van der Waals surface area contributed by atoms with Gasteiger partial charge in [0.1, 0.15) is 17.2 Å². The highest BCUT2D eigenvalue weighted by atomic mass is 35.5. The van der Waals surface area contributed by atoms with Gasteiger partial charge in [-0.3, -0.25) is 9.10 Å². The molecule has 0 bridgehead atoms. The summed E-state index contributed by atoms with van der Waals surface area (Å²) in [6.07, 6.45) is 6.22. The number of amides is 1. The van der Waals surface area contributed by atoms with E-state index in [0.717, 1.165) is 48.4 Å². The highest BCUT2D eigenvalue weighted by Crippen LogP contribution is 2.33. The Morgan fingerprint density at radius 3 is 2.38 bits per heavy atom. The first-order chi connectivity index (χ1) is 15.2. The Morgan fingerprint density at radius 2 is 1.75 bits per heavy atom. The minimum Gasteiger partial charge on any atom is -0.495 e. The first-order valence-electron chi connectivity index (χ1n) is 10.6. The molecule has 1 aliphatic rings. The molecule has 0 saturated heterocycles. The SMILES string of the molecule is COc1ccc(C)cc1S(=O)(=O)N(CC(=O)NC1CCCCCC1)c1ccc(Cl)c(Cl)c1. The van der Waals surface area contributed by atoms with Gasteiger partial charge in [-0.05, 0) is 55.7 Å². The summed E-state index contributed by atoms with van der Waals surface area (Å²) in [4.78, 5) is 12.9. The quantitative estimate of drug-likeness (QED) is 0.522. The summed E-state index contributed by atoms with van der Waals surface area (Å²) in [7, 11) is -2.74. The number of halogens is 2. The van der Waals surface area contributed by atoms with Crippen molar-refractivity contribution >= 4 is 44.8 Å². The topological polar surface area (TPSA) is 75.7 Å². The molecular weight excluding hydrogens is 471 g/mol. The lowest BCUT2D eigenvalue weighted by Gasteiger charge is -2.26. The maximum absolute atomic E-state index is 13.7. The van der Waals surface area contributed by atoms with E-state index >= 15 is 0 Å². The van der Waals surface area contributed by atoms with Crippen molar-refractivity contribution in [2.24, 2.45) is 0 Å². The van der Waals surface area contributed by atoms with Crippen molar-refractivity contribution in [1.82, 2.24) is 5.32 Å². The Kier molecular flexibility index (Phi) is 8.31. The molecule has 1 amide bonds. The van der Waals surface area contributed by atoms with E-state index in [9.17, 15) is 13.2 Å². The molecule has 1 aliphatic carbocycles. The smallest absolute Gasteiger partial charge is 0.268 e. The Bertz CT molecular complexity index is 1070. The fraction of sp³-hybridized carbons (Fsp3) is 0.435. The minimum atomic E-state index is -4.15. The lowest BCUT2D eigenvalue weighted by molar-refractivity contribution is -0.120. The van der Waals surface area contributed by atoms with E-state index < -0.39 is 10.0 Å². The molecule has 2 aromatic rings. The molecule has 1 N–H and O–H groups in total. The monoisotopic (exact) mass is 498 g/mol. The normalized spacial score (nSPS) is 15.1. The number of sulfonamides is 1. The van der Waals surface area contributed by atoms with Gasteiger partial charge >= 0.3 is 0 Å². The maximum atomic E-state index is 13.7. The number of anilines is 1. The molecule has 0 spiro atoms. The van der Waals surface area contributed by atoms with Gasteiger partial charge in [-0.2, -0.15) is 0 Å². The molecule has 1 saturated carbocycles. The minimum absolute atomic E-state index is 0.0201. The molecule has 3 rings (SSSR count). The van der Waals surface area contributed by atoms with E-state index in [0.29, 0.717) is 5.02 Å². The molecule has 174 valence electrons. The second-order valence-electron chi connectivity index (χ2n) is 8.02. The van der Waals surface area contributed by atoms with Gasteiger partial charge in [0.05, 0.1) is 22.8 Å². The maximum Gasteiger partial charge on any atom is 0.268 e. The van der Waals surface area contributed by atoms with E-state index in [1.165, 1.54) is 31.4 Å². The van der Waals surface area contributed by atoms with Crippen LogP contribution in [0.1, 0.15) is 44.1 Å². The van der Waals surface area contributed by atoms with Crippen LogP contribution in [0.5, 0.6) is 5.75 Å². The van der Waals surface area contributed by atoms with Crippen molar-refractivity contribution in [2.75, 3.05) is 18.0 Å². The van der Waals surface area contributed by atoms with Crippen LogP contribution in [0, 0.1) is 6.92 Å². The third-order valence-corrected chi connectivity index (χ3v) is 8.12. The number of nitrogens with zero attached hydrogens (tertiary/aromatic N) is 1. The summed E-state index contributed by atoms with van der Waals surface area (Å²) in [6, 6.07) is 9.44. The number of rotatable bonds is 7. The predicted octanol–water partition coefficient (Wildman–Crippen LogP) is 5.34. The van der Waals surface area contributed by atoms with Crippen LogP contribution < -0.4 is 14.4 Å². The number of nitrogens with one attached hydrogen (secondary N) is 1. The molecule has 0 radical (unpaired) electrons. The van der Waals surface area contributed by atoms with E-state index in [1.54, 1.807) is 19.1 Å². The average Bonchev–Trinajstić information content (AvgIpc) is 3.02. The second-order valence-corrected chi connectivity index (χ2v) is 10.7. The van der Waals surface area contributed by atoms with Crippen molar-refractivity contribution in [3.63, 3.8) is 0 Å². The number of aryl methyl sites for hydroxylation is 1. The molecule has 0 aromatic heterocycles. The summed E-state index contributed by atoms with van der Waals surface area (Å²) < 4.78 is 33.8. The van der Waals surface area contributed by atoms with Crippen molar-refractivity contribution in [2.45, 2.75) is 56.4 Å². The summed E-state index contributed by atoms with van der Waals surface area (Å²) in [5, 5.41) is 3.51. The predicted molar refractivity (Wildman–Crippen MR) is 128 cm³/mol. The summed E-state index contributed by atoms with van der Waals surface area (Å²) >= 11 is 12.2. The van der Waals surface area contributed by atoms with Gasteiger partial charge in [0.2, 0.25) is 5.91 Å². The Labute approximate surface area is 199 Å².